The second kappa shape index (κ2) is 7.33. The molecule has 25 heavy (non-hydrogen) atoms. The van der Waals surface area contributed by atoms with Crippen molar-refractivity contribution in [1.82, 2.24) is 0 Å². The monoisotopic (exact) mass is 326 g/mol. The molecule has 0 bridgehead atoms. The minimum Gasteiger partial charge on any atom is -0.211 e. The number of rotatable bonds is 5. The van der Waals surface area contributed by atoms with Crippen LogP contribution < -0.4 is 0 Å². The van der Waals surface area contributed by atoms with E-state index in [0.29, 0.717) is 11.3 Å². The molecule has 3 aromatic rings. The second-order valence-electron chi connectivity index (χ2n) is 5.37. The number of hydrogen-bond acceptors (Lipinski definition) is 4. The van der Waals surface area contributed by atoms with E-state index in [2.05, 4.69) is 9.98 Å². The van der Waals surface area contributed by atoms with Gasteiger partial charge >= 0.3 is 0 Å². The van der Waals surface area contributed by atoms with Gasteiger partial charge in [0.2, 0.25) is 12.2 Å². The highest BCUT2D eigenvalue weighted by Crippen LogP contribution is 2.44. The lowest BCUT2D eigenvalue weighted by Crippen LogP contribution is -2.27. The van der Waals surface area contributed by atoms with Gasteiger partial charge in [-0.05, 0) is 17.2 Å². The Morgan fingerprint density at radius 1 is 0.640 bits per heavy atom. The van der Waals surface area contributed by atoms with Gasteiger partial charge in [-0.3, -0.25) is 0 Å². The summed E-state index contributed by atoms with van der Waals surface area (Å²) in [7, 11) is 0. The summed E-state index contributed by atoms with van der Waals surface area (Å²) in [6, 6.07) is 25.9. The Bertz CT molecular complexity index is 916. The summed E-state index contributed by atoms with van der Waals surface area (Å²) in [5, 5.41) is 0. The van der Waals surface area contributed by atoms with Gasteiger partial charge < -0.3 is 0 Å². The molecular formula is C21H14N2O2. The maximum atomic E-state index is 11.4. The van der Waals surface area contributed by atoms with Crippen molar-refractivity contribution in [2.24, 2.45) is 9.98 Å². The fourth-order valence-electron chi connectivity index (χ4n) is 3.02. The summed E-state index contributed by atoms with van der Waals surface area (Å²) in [6.45, 7) is 0. The predicted octanol–water partition coefficient (Wildman–Crippen LogP) is 4.28. The highest BCUT2D eigenvalue weighted by Gasteiger charge is 2.38. The number of hydrogen-bond donors (Lipinski definition) is 0. The topological polar surface area (TPSA) is 58.9 Å². The van der Waals surface area contributed by atoms with E-state index in [4.69, 9.17) is 0 Å². The third kappa shape index (κ3) is 2.96. The first kappa shape index (κ1) is 16.3. The van der Waals surface area contributed by atoms with Crippen molar-refractivity contribution in [3.8, 4) is 0 Å². The molecule has 0 N–H and O–H groups in total. The summed E-state index contributed by atoms with van der Waals surface area (Å²) in [5.74, 6) is 0. The molecule has 0 spiro atoms. The minimum atomic E-state index is -1.15. The Labute approximate surface area is 145 Å². The Morgan fingerprint density at radius 3 is 1.68 bits per heavy atom. The number of nitrogens with zero attached hydrogens (tertiary/aromatic N) is 2. The Kier molecular flexibility index (Phi) is 4.77. The molecule has 0 aliphatic heterocycles. The van der Waals surface area contributed by atoms with Crippen LogP contribution in [0.4, 0.5) is 5.69 Å². The Balaban J connectivity index is 2.45. The van der Waals surface area contributed by atoms with E-state index in [1.165, 1.54) is 0 Å². The van der Waals surface area contributed by atoms with E-state index < -0.39 is 5.54 Å². The van der Waals surface area contributed by atoms with E-state index >= 15 is 0 Å². The molecule has 120 valence electrons. The summed E-state index contributed by atoms with van der Waals surface area (Å²) in [4.78, 5) is 30.3. The SMILES string of the molecule is O=C=Nc1ccccc1C(N=C=O)(c1ccccc1)c1ccccc1. The fourth-order valence-corrected chi connectivity index (χ4v) is 3.02. The molecule has 4 heteroatoms. The van der Waals surface area contributed by atoms with Crippen LogP contribution in [0.5, 0.6) is 0 Å². The normalized spacial score (nSPS) is 10.4. The van der Waals surface area contributed by atoms with Crippen LogP contribution in [-0.4, -0.2) is 12.2 Å². The summed E-state index contributed by atoms with van der Waals surface area (Å²) < 4.78 is 0. The van der Waals surface area contributed by atoms with Gasteiger partial charge in [-0.25, -0.2) is 9.59 Å². The van der Waals surface area contributed by atoms with Gasteiger partial charge in [0.15, 0.2) is 5.54 Å². The van der Waals surface area contributed by atoms with Crippen LogP contribution in [0.2, 0.25) is 0 Å². The lowest BCUT2D eigenvalue weighted by atomic mass is 9.77. The molecule has 0 unspecified atom stereocenters. The highest BCUT2D eigenvalue weighted by atomic mass is 16.1. The van der Waals surface area contributed by atoms with Crippen molar-refractivity contribution in [2.75, 3.05) is 0 Å². The van der Waals surface area contributed by atoms with Crippen LogP contribution in [0.1, 0.15) is 16.7 Å². The molecule has 0 amide bonds. The maximum Gasteiger partial charge on any atom is 0.240 e. The molecule has 0 atom stereocenters. The van der Waals surface area contributed by atoms with Gasteiger partial charge in [-0.1, -0.05) is 78.9 Å². The second-order valence-corrected chi connectivity index (χ2v) is 5.37. The van der Waals surface area contributed by atoms with Crippen LogP contribution in [-0.2, 0) is 15.1 Å². The van der Waals surface area contributed by atoms with Crippen molar-refractivity contribution < 1.29 is 9.59 Å². The largest absolute Gasteiger partial charge is 0.240 e. The average molecular weight is 326 g/mol. The highest BCUT2D eigenvalue weighted by molar-refractivity contribution is 5.64. The number of carbonyl (C=O) groups excluding carboxylic acids is 2. The number of isocyanates is 2. The van der Waals surface area contributed by atoms with Crippen LogP contribution in [0, 0.1) is 0 Å². The standard InChI is InChI=1S/C21H14N2O2/c24-15-22-20-14-8-7-13-19(20)21(23-16-25,17-9-3-1-4-10-17)18-11-5-2-6-12-18/h1-14H. The van der Waals surface area contributed by atoms with Gasteiger partial charge in [0, 0.05) is 5.56 Å². The average Bonchev–Trinajstić information content (AvgIpc) is 2.68. The molecule has 0 heterocycles. The molecule has 0 aliphatic carbocycles. The zero-order valence-corrected chi connectivity index (χ0v) is 13.3. The van der Waals surface area contributed by atoms with E-state index in [9.17, 15) is 9.59 Å². The van der Waals surface area contributed by atoms with E-state index in [0.717, 1.165) is 11.1 Å². The molecule has 3 rings (SSSR count). The molecule has 0 saturated carbocycles. The molecule has 0 fully saturated rings. The van der Waals surface area contributed by atoms with Crippen LogP contribution >= 0.6 is 0 Å². The van der Waals surface area contributed by atoms with Gasteiger partial charge in [-0.15, -0.1) is 0 Å². The smallest absolute Gasteiger partial charge is 0.211 e. The summed E-state index contributed by atoms with van der Waals surface area (Å²) in [6.07, 6.45) is 3.28. The third-order valence-electron chi connectivity index (χ3n) is 4.06. The molecular weight excluding hydrogens is 312 g/mol. The zero-order valence-electron chi connectivity index (χ0n) is 13.3. The fraction of sp³-hybridized carbons (Fsp3) is 0.0476. The first-order chi connectivity index (χ1) is 12.3. The van der Waals surface area contributed by atoms with E-state index in [1.54, 1.807) is 30.4 Å². The quantitative estimate of drug-likeness (QED) is 0.399. The number of aliphatic imine (C=N–C) groups is 2. The molecule has 0 saturated heterocycles. The van der Waals surface area contributed by atoms with Crippen molar-refractivity contribution >= 4 is 17.8 Å². The number of benzene rings is 3. The molecule has 0 aromatic heterocycles. The lowest BCUT2D eigenvalue weighted by Gasteiger charge is -2.31. The molecule has 0 radical (unpaired) electrons. The molecule has 3 aromatic carbocycles. The first-order valence-electron chi connectivity index (χ1n) is 7.70. The minimum absolute atomic E-state index is 0.407. The Hall–Kier alpha value is -3.58. The Morgan fingerprint density at radius 2 is 1.16 bits per heavy atom. The van der Waals surface area contributed by atoms with Gasteiger partial charge in [0.05, 0.1) is 5.69 Å². The van der Waals surface area contributed by atoms with Crippen molar-refractivity contribution in [3.05, 3.63) is 102 Å². The van der Waals surface area contributed by atoms with E-state index in [-0.39, 0.29) is 0 Å². The maximum absolute atomic E-state index is 11.4. The van der Waals surface area contributed by atoms with Crippen LogP contribution in [0.15, 0.2) is 94.9 Å². The van der Waals surface area contributed by atoms with Gasteiger partial charge in [0.1, 0.15) is 0 Å². The zero-order chi connectivity index (χ0) is 17.5. The van der Waals surface area contributed by atoms with Gasteiger partial charge in [0.25, 0.3) is 0 Å². The van der Waals surface area contributed by atoms with Gasteiger partial charge in [-0.2, -0.15) is 9.98 Å². The predicted molar refractivity (Wildman–Crippen MR) is 95.1 cm³/mol. The molecule has 0 aliphatic rings. The third-order valence-corrected chi connectivity index (χ3v) is 4.06. The number of para-hydroxylation sites is 1. The van der Waals surface area contributed by atoms with Crippen LogP contribution in [0.3, 0.4) is 0 Å². The molecule has 4 nitrogen and oxygen atoms in total. The first-order valence-corrected chi connectivity index (χ1v) is 7.70. The van der Waals surface area contributed by atoms with Crippen molar-refractivity contribution in [1.29, 1.82) is 0 Å². The van der Waals surface area contributed by atoms with E-state index in [1.807, 2.05) is 66.7 Å². The summed E-state index contributed by atoms with van der Waals surface area (Å²) >= 11 is 0. The summed E-state index contributed by atoms with van der Waals surface area (Å²) in [5.41, 5.74) is 1.42. The van der Waals surface area contributed by atoms with Crippen molar-refractivity contribution in [3.63, 3.8) is 0 Å². The lowest BCUT2D eigenvalue weighted by molar-refractivity contribution is 0.550. The van der Waals surface area contributed by atoms with Crippen molar-refractivity contribution in [2.45, 2.75) is 5.54 Å². The van der Waals surface area contributed by atoms with Crippen LogP contribution in [0.25, 0.3) is 0 Å².